The van der Waals surface area contributed by atoms with E-state index >= 15 is 0 Å². The van der Waals surface area contributed by atoms with Crippen molar-refractivity contribution in [3.05, 3.63) is 182 Å². The Morgan fingerprint density at radius 3 is 1.84 bits per heavy atom. The zero-order valence-corrected chi connectivity index (χ0v) is 29.5. The van der Waals surface area contributed by atoms with E-state index in [4.69, 9.17) is 14.4 Å². The van der Waals surface area contributed by atoms with Gasteiger partial charge in [0.2, 0.25) is 5.95 Å². The third kappa shape index (κ3) is 4.35. The van der Waals surface area contributed by atoms with Crippen molar-refractivity contribution in [2.24, 2.45) is 0 Å². The molecule has 0 fully saturated rings. The van der Waals surface area contributed by atoms with E-state index in [0.717, 1.165) is 93.6 Å². The van der Waals surface area contributed by atoms with E-state index in [1.807, 2.05) is 18.2 Å². The van der Waals surface area contributed by atoms with E-state index in [9.17, 15) is 0 Å². The van der Waals surface area contributed by atoms with Crippen molar-refractivity contribution >= 4 is 76.5 Å². The van der Waals surface area contributed by atoms with Crippen molar-refractivity contribution in [2.45, 2.75) is 0 Å². The Balaban J connectivity index is 1.24. The van der Waals surface area contributed by atoms with Gasteiger partial charge in [-0.15, -0.1) is 0 Å². The number of aromatic nitrogens is 4. The molecule has 5 heteroatoms. The van der Waals surface area contributed by atoms with Crippen molar-refractivity contribution in [1.29, 1.82) is 0 Å². The summed E-state index contributed by atoms with van der Waals surface area (Å²) in [5.74, 6) is 0.605. The molecule has 55 heavy (non-hydrogen) atoms. The average Bonchev–Trinajstić information content (AvgIpc) is 3.92. The zero-order chi connectivity index (χ0) is 36.0. The van der Waals surface area contributed by atoms with E-state index in [0.29, 0.717) is 5.95 Å². The highest BCUT2D eigenvalue weighted by Crippen LogP contribution is 2.45. The Bertz CT molecular complexity index is 3470. The van der Waals surface area contributed by atoms with Crippen LogP contribution in [0, 0.1) is 0 Å². The summed E-state index contributed by atoms with van der Waals surface area (Å²) in [4.78, 5) is 10.9. The second-order valence-corrected chi connectivity index (χ2v) is 14.1. The van der Waals surface area contributed by atoms with Gasteiger partial charge in [0.05, 0.1) is 38.7 Å². The Morgan fingerprint density at radius 1 is 0.382 bits per heavy atom. The highest BCUT2D eigenvalue weighted by Gasteiger charge is 2.25. The number of rotatable bonds is 4. The van der Waals surface area contributed by atoms with Crippen LogP contribution in [-0.4, -0.2) is 19.1 Å². The lowest BCUT2D eigenvalue weighted by molar-refractivity contribution is 0.673. The molecule has 0 spiro atoms. The van der Waals surface area contributed by atoms with E-state index in [-0.39, 0.29) is 0 Å². The van der Waals surface area contributed by atoms with Gasteiger partial charge in [0.1, 0.15) is 11.2 Å². The minimum Gasteiger partial charge on any atom is -0.455 e. The molecular formula is C50H30N4O. The summed E-state index contributed by atoms with van der Waals surface area (Å²) in [6.45, 7) is 0. The SMILES string of the molecule is c1ccc(-c2ccc(-c3nc(-n4c5ccc6c7ccccc7oc6c5c5ccc6c7ccccc7n(-c7ccccc7)c6c54)nc4ccccc34)cc2)cc1. The predicted octanol–water partition coefficient (Wildman–Crippen LogP) is 13.1. The summed E-state index contributed by atoms with van der Waals surface area (Å²) in [6.07, 6.45) is 0. The van der Waals surface area contributed by atoms with Crippen LogP contribution in [-0.2, 0) is 0 Å². The van der Waals surface area contributed by atoms with E-state index < -0.39 is 0 Å². The van der Waals surface area contributed by atoms with Gasteiger partial charge < -0.3 is 8.98 Å². The second kappa shape index (κ2) is 11.5. The second-order valence-electron chi connectivity index (χ2n) is 14.1. The van der Waals surface area contributed by atoms with Crippen molar-refractivity contribution in [3.8, 4) is 34.0 Å². The zero-order valence-electron chi connectivity index (χ0n) is 29.5. The number of fused-ring (bicyclic) bond motifs is 12. The summed E-state index contributed by atoms with van der Waals surface area (Å²) in [7, 11) is 0. The highest BCUT2D eigenvalue weighted by molar-refractivity contribution is 6.29. The number of hydrogen-bond donors (Lipinski definition) is 0. The van der Waals surface area contributed by atoms with E-state index in [1.165, 1.54) is 10.9 Å². The van der Waals surface area contributed by atoms with Crippen LogP contribution in [0.5, 0.6) is 0 Å². The lowest BCUT2D eigenvalue weighted by Crippen LogP contribution is -2.04. The van der Waals surface area contributed by atoms with Gasteiger partial charge in [0.15, 0.2) is 0 Å². The van der Waals surface area contributed by atoms with Crippen molar-refractivity contribution in [3.63, 3.8) is 0 Å². The number of para-hydroxylation sites is 4. The van der Waals surface area contributed by atoms with E-state index in [1.54, 1.807) is 0 Å². The Kier molecular flexibility index (Phi) is 6.27. The third-order valence-corrected chi connectivity index (χ3v) is 11.1. The summed E-state index contributed by atoms with van der Waals surface area (Å²) in [5, 5.41) is 7.66. The van der Waals surface area contributed by atoms with Crippen LogP contribution in [0.3, 0.4) is 0 Å². The highest BCUT2D eigenvalue weighted by atomic mass is 16.3. The van der Waals surface area contributed by atoms with Crippen molar-refractivity contribution in [2.75, 3.05) is 0 Å². The minimum atomic E-state index is 0.605. The molecule has 0 aliphatic rings. The van der Waals surface area contributed by atoms with Crippen LogP contribution in [0.4, 0.5) is 0 Å². The molecule has 8 aromatic carbocycles. The monoisotopic (exact) mass is 702 g/mol. The maximum Gasteiger partial charge on any atom is 0.235 e. The largest absolute Gasteiger partial charge is 0.455 e. The first-order valence-corrected chi connectivity index (χ1v) is 18.6. The minimum absolute atomic E-state index is 0.605. The van der Waals surface area contributed by atoms with Gasteiger partial charge in [0.25, 0.3) is 0 Å². The lowest BCUT2D eigenvalue weighted by Gasteiger charge is -2.14. The summed E-state index contributed by atoms with van der Waals surface area (Å²) < 4.78 is 11.4. The topological polar surface area (TPSA) is 48.8 Å². The van der Waals surface area contributed by atoms with Crippen LogP contribution in [0.2, 0.25) is 0 Å². The first kappa shape index (κ1) is 30.0. The van der Waals surface area contributed by atoms with Crippen LogP contribution in [0.25, 0.3) is 110 Å². The first-order valence-electron chi connectivity index (χ1n) is 18.6. The molecule has 0 unspecified atom stereocenters. The maximum absolute atomic E-state index is 6.76. The quantitative estimate of drug-likeness (QED) is 0.183. The average molecular weight is 703 g/mol. The number of nitrogens with zero attached hydrogens (tertiary/aromatic N) is 4. The van der Waals surface area contributed by atoms with Gasteiger partial charge in [-0.05, 0) is 53.6 Å². The third-order valence-electron chi connectivity index (χ3n) is 11.1. The van der Waals surface area contributed by atoms with Gasteiger partial charge >= 0.3 is 0 Å². The van der Waals surface area contributed by atoms with Gasteiger partial charge in [-0.1, -0.05) is 140 Å². The van der Waals surface area contributed by atoms with Gasteiger partial charge in [-0.2, -0.15) is 0 Å². The molecule has 4 aromatic heterocycles. The van der Waals surface area contributed by atoms with Crippen LogP contribution >= 0.6 is 0 Å². The Morgan fingerprint density at radius 2 is 1.00 bits per heavy atom. The predicted molar refractivity (Wildman–Crippen MR) is 226 cm³/mol. The molecule has 4 heterocycles. The summed E-state index contributed by atoms with van der Waals surface area (Å²) in [5.41, 5.74) is 12.2. The summed E-state index contributed by atoms with van der Waals surface area (Å²) >= 11 is 0. The van der Waals surface area contributed by atoms with Gasteiger partial charge in [-0.25, -0.2) is 9.97 Å². The molecule has 0 atom stereocenters. The molecule has 0 aliphatic carbocycles. The molecule has 0 saturated heterocycles. The summed E-state index contributed by atoms with van der Waals surface area (Å²) in [6, 6.07) is 64.1. The van der Waals surface area contributed by atoms with Crippen LogP contribution in [0.1, 0.15) is 0 Å². The molecule has 0 aliphatic heterocycles. The molecule has 0 bridgehead atoms. The molecule has 256 valence electrons. The molecular weight excluding hydrogens is 673 g/mol. The molecule has 5 nitrogen and oxygen atoms in total. The fourth-order valence-corrected chi connectivity index (χ4v) is 8.70. The first-order chi connectivity index (χ1) is 27.3. The van der Waals surface area contributed by atoms with Gasteiger partial charge in [-0.3, -0.25) is 4.57 Å². The van der Waals surface area contributed by atoms with Crippen LogP contribution < -0.4 is 0 Å². The van der Waals surface area contributed by atoms with Crippen LogP contribution in [0.15, 0.2) is 186 Å². The number of benzene rings is 8. The van der Waals surface area contributed by atoms with Crippen molar-refractivity contribution in [1.82, 2.24) is 19.1 Å². The maximum atomic E-state index is 6.76. The fraction of sp³-hybridized carbons (Fsp3) is 0. The number of hydrogen-bond acceptors (Lipinski definition) is 3. The molecule has 0 radical (unpaired) electrons. The fourth-order valence-electron chi connectivity index (χ4n) is 8.70. The molecule has 0 N–H and O–H groups in total. The van der Waals surface area contributed by atoms with E-state index in [2.05, 4.69) is 173 Å². The molecule has 0 saturated carbocycles. The number of furan rings is 1. The Hall–Kier alpha value is -7.50. The smallest absolute Gasteiger partial charge is 0.235 e. The standard InChI is InChI=1S/C50H30N4O/c1-3-13-31(14-4-1)32-23-25-33(26-24-32)46-39-19-7-10-20-41(39)51-50(52-46)54-43-30-29-38-36-18-9-12-22-44(36)55-49(38)45(43)40-28-27-37-35-17-8-11-21-42(35)53(47(37)48(40)54)34-15-5-2-6-16-34/h1-30H. The Labute approximate surface area is 315 Å². The van der Waals surface area contributed by atoms with Gasteiger partial charge in [0, 0.05) is 43.6 Å². The lowest BCUT2D eigenvalue weighted by atomic mass is 10.0. The normalized spacial score (nSPS) is 12.0. The molecule has 12 aromatic rings. The molecule has 12 rings (SSSR count). The molecule has 0 amide bonds. The van der Waals surface area contributed by atoms with Crippen molar-refractivity contribution < 1.29 is 4.42 Å².